The van der Waals surface area contributed by atoms with Crippen LogP contribution in [0.5, 0.6) is 0 Å². The van der Waals surface area contributed by atoms with Gasteiger partial charge in [-0.25, -0.2) is 4.39 Å². The number of hydrogen-bond donors (Lipinski definition) is 2. The summed E-state index contributed by atoms with van der Waals surface area (Å²) in [5.41, 5.74) is 0.603. The lowest BCUT2D eigenvalue weighted by Gasteiger charge is -2.34. The summed E-state index contributed by atoms with van der Waals surface area (Å²) in [6, 6.07) is 4.72. The van der Waals surface area contributed by atoms with E-state index in [1.165, 1.54) is 6.07 Å². The lowest BCUT2D eigenvalue weighted by Crippen LogP contribution is -2.48. The summed E-state index contributed by atoms with van der Waals surface area (Å²) in [5, 5.41) is 6.18. The molecule has 0 radical (unpaired) electrons. The normalized spacial score (nSPS) is 21.9. The van der Waals surface area contributed by atoms with Gasteiger partial charge < -0.3 is 10.6 Å². The molecule has 3 nitrogen and oxygen atoms in total. The van der Waals surface area contributed by atoms with E-state index in [0.717, 1.165) is 25.9 Å². The molecule has 2 heterocycles. The van der Waals surface area contributed by atoms with Crippen molar-refractivity contribution in [2.75, 3.05) is 13.1 Å². The lowest BCUT2D eigenvalue weighted by atomic mass is 9.82. The summed E-state index contributed by atoms with van der Waals surface area (Å²) in [6.07, 6.45) is 1.51. The molecule has 4 heteroatoms. The van der Waals surface area contributed by atoms with Gasteiger partial charge >= 0.3 is 0 Å². The van der Waals surface area contributed by atoms with Crippen LogP contribution in [0.2, 0.25) is 0 Å². The second-order valence-electron chi connectivity index (χ2n) is 4.45. The Kier molecular flexibility index (Phi) is 2.01. The largest absolute Gasteiger partial charge is 0.342 e. The molecule has 0 aliphatic carbocycles. The van der Waals surface area contributed by atoms with Gasteiger partial charge in [0.25, 0.3) is 5.91 Å². The molecule has 84 valence electrons. The zero-order chi connectivity index (χ0) is 11.2. The molecule has 0 aromatic heterocycles. The van der Waals surface area contributed by atoms with Crippen LogP contribution in [0.1, 0.15) is 28.8 Å². The van der Waals surface area contributed by atoms with Gasteiger partial charge in [-0.1, -0.05) is 6.07 Å². The number of nitrogens with one attached hydrogen (secondary N) is 2. The third-order valence-electron chi connectivity index (χ3n) is 3.55. The zero-order valence-electron chi connectivity index (χ0n) is 8.85. The number of fused-ring (bicyclic) bond motifs is 2. The molecule has 1 aromatic rings. The van der Waals surface area contributed by atoms with Gasteiger partial charge in [0.2, 0.25) is 0 Å². The first-order chi connectivity index (χ1) is 7.73. The van der Waals surface area contributed by atoms with Gasteiger partial charge in [0.15, 0.2) is 0 Å². The summed E-state index contributed by atoms with van der Waals surface area (Å²) in [4.78, 5) is 11.8. The molecule has 1 aromatic carbocycles. The van der Waals surface area contributed by atoms with Gasteiger partial charge in [0.05, 0.1) is 5.54 Å². The summed E-state index contributed by atoms with van der Waals surface area (Å²) in [6.45, 7) is 1.63. The van der Waals surface area contributed by atoms with E-state index in [1.54, 1.807) is 12.1 Å². The van der Waals surface area contributed by atoms with E-state index in [-0.39, 0.29) is 11.7 Å². The summed E-state index contributed by atoms with van der Waals surface area (Å²) in [5.74, 6) is -0.408. The Bertz CT molecular complexity index is 452. The highest BCUT2D eigenvalue weighted by Crippen LogP contribution is 2.39. The molecule has 2 aliphatic heterocycles. The van der Waals surface area contributed by atoms with Crippen LogP contribution in [-0.2, 0) is 5.54 Å². The molecule has 1 amide bonds. The molecule has 16 heavy (non-hydrogen) atoms. The van der Waals surface area contributed by atoms with Crippen LogP contribution in [0.25, 0.3) is 0 Å². The Morgan fingerprint density at radius 3 is 2.75 bits per heavy atom. The fraction of sp³-hybridized carbons (Fsp3) is 0.417. The SMILES string of the molecule is O=C1NC2(CCNCC2)c2c(F)cccc21. The van der Waals surface area contributed by atoms with Crippen LogP contribution >= 0.6 is 0 Å². The molecule has 2 aliphatic rings. The average Bonchev–Trinajstić information content (AvgIpc) is 2.55. The molecule has 1 spiro atoms. The topological polar surface area (TPSA) is 41.1 Å². The molecule has 0 bridgehead atoms. The van der Waals surface area contributed by atoms with Gasteiger partial charge in [0.1, 0.15) is 5.82 Å². The molecule has 1 fully saturated rings. The van der Waals surface area contributed by atoms with Crippen LogP contribution in [0.15, 0.2) is 18.2 Å². The van der Waals surface area contributed by atoms with Crippen molar-refractivity contribution in [3.05, 3.63) is 35.1 Å². The van der Waals surface area contributed by atoms with E-state index in [0.29, 0.717) is 11.1 Å². The van der Waals surface area contributed by atoms with Crippen molar-refractivity contribution in [2.24, 2.45) is 0 Å². The Labute approximate surface area is 93.0 Å². The highest BCUT2D eigenvalue weighted by molar-refractivity contribution is 6.00. The quantitative estimate of drug-likeness (QED) is 0.688. The van der Waals surface area contributed by atoms with Crippen LogP contribution in [-0.4, -0.2) is 19.0 Å². The van der Waals surface area contributed by atoms with Crippen molar-refractivity contribution in [1.82, 2.24) is 10.6 Å². The molecule has 2 N–H and O–H groups in total. The summed E-state index contributed by atoms with van der Waals surface area (Å²) in [7, 11) is 0. The monoisotopic (exact) mass is 220 g/mol. The third kappa shape index (κ3) is 1.19. The summed E-state index contributed by atoms with van der Waals surface area (Å²) < 4.78 is 13.9. The summed E-state index contributed by atoms with van der Waals surface area (Å²) >= 11 is 0. The highest BCUT2D eigenvalue weighted by Gasteiger charge is 2.45. The van der Waals surface area contributed by atoms with Crippen LogP contribution in [0, 0.1) is 5.82 Å². The number of piperidine rings is 1. The van der Waals surface area contributed by atoms with Crippen molar-refractivity contribution < 1.29 is 9.18 Å². The molecule has 0 unspecified atom stereocenters. The maximum atomic E-state index is 13.9. The molecule has 3 rings (SSSR count). The molecule has 0 atom stereocenters. The van der Waals surface area contributed by atoms with Gasteiger partial charge in [-0.3, -0.25) is 4.79 Å². The van der Waals surface area contributed by atoms with Crippen molar-refractivity contribution >= 4 is 5.91 Å². The second kappa shape index (κ2) is 3.28. The lowest BCUT2D eigenvalue weighted by molar-refractivity contribution is 0.0913. The third-order valence-corrected chi connectivity index (χ3v) is 3.55. The minimum absolute atomic E-state index is 0.142. The van der Waals surface area contributed by atoms with E-state index >= 15 is 0 Å². The fourth-order valence-corrected chi connectivity index (χ4v) is 2.78. The van der Waals surface area contributed by atoms with Crippen LogP contribution < -0.4 is 10.6 Å². The Hall–Kier alpha value is -1.42. The molecular weight excluding hydrogens is 207 g/mol. The number of carbonyl (C=O) groups is 1. The first-order valence-electron chi connectivity index (χ1n) is 5.55. The first-order valence-corrected chi connectivity index (χ1v) is 5.55. The number of halogens is 1. The van der Waals surface area contributed by atoms with Crippen LogP contribution in [0.4, 0.5) is 4.39 Å². The second-order valence-corrected chi connectivity index (χ2v) is 4.45. The smallest absolute Gasteiger partial charge is 0.252 e. The Morgan fingerprint density at radius 1 is 1.25 bits per heavy atom. The first kappa shape index (κ1) is 9.78. The van der Waals surface area contributed by atoms with Crippen molar-refractivity contribution in [3.63, 3.8) is 0 Å². The van der Waals surface area contributed by atoms with Gasteiger partial charge in [0, 0.05) is 11.1 Å². The predicted molar refractivity (Wildman–Crippen MR) is 57.6 cm³/mol. The minimum atomic E-state index is -0.469. The van der Waals surface area contributed by atoms with Gasteiger partial charge in [-0.2, -0.15) is 0 Å². The zero-order valence-corrected chi connectivity index (χ0v) is 8.85. The van der Waals surface area contributed by atoms with E-state index < -0.39 is 5.54 Å². The molecule has 0 saturated carbocycles. The predicted octanol–water partition coefficient (Wildman–Crippen LogP) is 1.15. The Balaban J connectivity index is 2.16. The fourth-order valence-electron chi connectivity index (χ4n) is 2.78. The molecular formula is C12H13FN2O. The van der Waals surface area contributed by atoms with Crippen molar-refractivity contribution in [3.8, 4) is 0 Å². The average molecular weight is 220 g/mol. The number of benzene rings is 1. The minimum Gasteiger partial charge on any atom is -0.342 e. The van der Waals surface area contributed by atoms with E-state index in [2.05, 4.69) is 10.6 Å². The van der Waals surface area contributed by atoms with Gasteiger partial charge in [-0.05, 0) is 38.1 Å². The molecule has 1 saturated heterocycles. The maximum absolute atomic E-state index is 13.9. The Morgan fingerprint density at radius 2 is 2.00 bits per heavy atom. The maximum Gasteiger partial charge on any atom is 0.252 e. The standard InChI is InChI=1S/C12H13FN2O/c13-9-3-1-2-8-10(9)12(15-11(8)16)4-6-14-7-5-12/h1-3,14H,4-7H2,(H,15,16). The number of hydrogen-bond acceptors (Lipinski definition) is 2. The van der Waals surface area contributed by atoms with Gasteiger partial charge in [-0.15, -0.1) is 0 Å². The highest BCUT2D eigenvalue weighted by atomic mass is 19.1. The van der Waals surface area contributed by atoms with Crippen molar-refractivity contribution in [2.45, 2.75) is 18.4 Å². The van der Waals surface area contributed by atoms with Crippen LogP contribution in [0.3, 0.4) is 0 Å². The number of rotatable bonds is 0. The van der Waals surface area contributed by atoms with E-state index in [1.807, 2.05) is 0 Å². The van der Waals surface area contributed by atoms with E-state index in [9.17, 15) is 9.18 Å². The number of carbonyl (C=O) groups excluding carboxylic acids is 1. The van der Waals surface area contributed by atoms with Crippen molar-refractivity contribution in [1.29, 1.82) is 0 Å². The number of amides is 1. The van der Waals surface area contributed by atoms with E-state index in [4.69, 9.17) is 0 Å².